The van der Waals surface area contributed by atoms with Crippen molar-refractivity contribution in [3.63, 3.8) is 0 Å². The maximum atomic E-state index is 12.5. The largest absolute Gasteiger partial charge is 0.478 e. The molecule has 0 aromatic heterocycles. The van der Waals surface area contributed by atoms with Crippen LogP contribution in [-0.2, 0) is 4.74 Å². The topological polar surface area (TPSA) is 75.6 Å². The van der Waals surface area contributed by atoms with Gasteiger partial charge in [-0.3, -0.25) is 4.79 Å². The summed E-state index contributed by atoms with van der Waals surface area (Å²) in [6, 6.07) is 13.7. The van der Waals surface area contributed by atoms with Crippen molar-refractivity contribution in [1.29, 1.82) is 0 Å². The van der Waals surface area contributed by atoms with E-state index in [-0.39, 0.29) is 11.5 Å². The molecule has 0 aliphatic carbocycles. The van der Waals surface area contributed by atoms with Crippen molar-refractivity contribution in [3.8, 4) is 11.1 Å². The van der Waals surface area contributed by atoms with Crippen LogP contribution in [0.3, 0.4) is 0 Å². The lowest BCUT2D eigenvalue weighted by Crippen LogP contribution is -2.28. The first-order valence-electron chi connectivity index (χ1n) is 8.78. The minimum absolute atomic E-state index is 0.171. The predicted octanol–water partition coefficient (Wildman–Crippen LogP) is 3.84. The van der Waals surface area contributed by atoms with Crippen LogP contribution in [0.5, 0.6) is 0 Å². The van der Waals surface area contributed by atoms with Gasteiger partial charge in [0.25, 0.3) is 5.91 Å². The second-order valence-corrected chi connectivity index (χ2v) is 6.45. The van der Waals surface area contributed by atoms with Gasteiger partial charge in [-0.1, -0.05) is 50.2 Å². The summed E-state index contributed by atoms with van der Waals surface area (Å²) >= 11 is 0. The van der Waals surface area contributed by atoms with E-state index in [1.54, 1.807) is 42.5 Å². The molecule has 0 heterocycles. The fraction of sp³-hybridized carbons (Fsp3) is 0.333. The molecule has 5 heteroatoms. The van der Waals surface area contributed by atoms with Crippen molar-refractivity contribution in [2.75, 3.05) is 19.8 Å². The van der Waals surface area contributed by atoms with Crippen LogP contribution in [0.1, 0.15) is 41.0 Å². The van der Waals surface area contributed by atoms with Gasteiger partial charge >= 0.3 is 5.97 Å². The van der Waals surface area contributed by atoms with Crippen LogP contribution in [0.15, 0.2) is 48.5 Å². The monoisotopic (exact) mass is 355 g/mol. The fourth-order valence-electron chi connectivity index (χ4n) is 2.57. The molecule has 2 N–H and O–H groups in total. The van der Waals surface area contributed by atoms with Crippen LogP contribution >= 0.6 is 0 Å². The minimum atomic E-state index is -1.02. The van der Waals surface area contributed by atoms with Gasteiger partial charge in [-0.2, -0.15) is 0 Å². The van der Waals surface area contributed by atoms with Crippen molar-refractivity contribution < 1.29 is 19.4 Å². The standard InChI is InChI=1S/C21H25NO4/c1-15(2)11-13-26-14-12-22-20(23)18-9-5-3-7-16(18)17-8-4-6-10-19(17)21(24)25/h3-10,15H,11-14H2,1-2H3,(H,22,23)(H,24,25). The lowest BCUT2D eigenvalue weighted by Gasteiger charge is -2.12. The number of benzene rings is 2. The van der Waals surface area contributed by atoms with Gasteiger partial charge in [0.05, 0.1) is 12.2 Å². The van der Waals surface area contributed by atoms with Crippen LogP contribution in [0.4, 0.5) is 0 Å². The van der Waals surface area contributed by atoms with E-state index < -0.39 is 5.97 Å². The number of amides is 1. The number of carbonyl (C=O) groups excluding carboxylic acids is 1. The number of carboxylic acid groups (broad SMARTS) is 1. The summed E-state index contributed by atoms with van der Waals surface area (Å²) < 4.78 is 5.50. The highest BCUT2D eigenvalue weighted by Gasteiger charge is 2.17. The maximum Gasteiger partial charge on any atom is 0.336 e. The first-order chi connectivity index (χ1) is 12.5. The Labute approximate surface area is 154 Å². The number of aromatic carboxylic acids is 1. The molecule has 0 saturated carbocycles. The van der Waals surface area contributed by atoms with Crippen molar-refractivity contribution in [2.45, 2.75) is 20.3 Å². The Morgan fingerprint density at radius 3 is 2.15 bits per heavy atom. The number of nitrogens with one attached hydrogen (secondary N) is 1. The summed E-state index contributed by atoms with van der Waals surface area (Å²) in [4.78, 5) is 24.0. The van der Waals surface area contributed by atoms with Gasteiger partial charge in [-0.15, -0.1) is 0 Å². The molecule has 0 radical (unpaired) electrons. The number of hydrogen-bond donors (Lipinski definition) is 2. The number of carboxylic acids is 1. The number of carbonyl (C=O) groups is 2. The van der Waals surface area contributed by atoms with Gasteiger partial charge in [0.15, 0.2) is 0 Å². The van der Waals surface area contributed by atoms with Gasteiger partial charge in [-0.25, -0.2) is 4.79 Å². The van der Waals surface area contributed by atoms with Crippen LogP contribution < -0.4 is 5.32 Å². The normalized spacial score (nSPS) is 10.7. The highest BCUT2D eigenvalue weighted by molar-refractivity contribution is 6.04. The Morgan fingerprint density at radius 2 is 1.54 bits per heavy atom. The molecular formula is C21H25NO4. The van der Waals surface area contributed by atoms with Crippen molar-refractivity contribution in [2.24, 2.45) is 5.92 Å². The average Bonchev–Trinajstić information content (AvgIpc) is 2.64. The molecule has 1 amide bonds. The third kappa shape index (κ3) is 5.43. The third-order valence-corrected chi connectivity index (χ3v) is 3.99. The Kier molecular flexibility index (Phi) is 7.36. The van der Waals surface area contributed by atoms with Crippen molar-refractivity contribution in [1.82, 2.24) is 5.32 Å². The molecule has 26 heavy (non-hydrogen) atoms. The van der Waals surface area contributed by atoms with E-state index in [2.05, 4.69) is 19.2 Å². The van der Waals surface area contributed by atoms with Gasteiger partial charge in [0.2, 0.25) is 0 Å². The van der Waals surface area contributed by atoms with Crippen LogP contribution in [-0.4, -0.2) is 36.7 Å². The lowest BCUT2D eigenvalue weighted by atomic mass is 9.95. The molecular weight excluding hydrogens is 330 g/mol. The smallest absolute Gasteiger partial charge is 0.336 e. The molecule has 0 atom stereocenters. The van der Waals surface area contributed by atoms with Crippen LogP contribution in [0.25, 0.3) is 11.1 Å². The molecule has 138 valence electrons. The molecule has 2 aromatic carbocycles. The fourth-order valence-corrected chi connectivity index (χ4v) is 2.57. The molecule has 0 unspecified atom stereocenters. The summed E-state index contributed by atoms with van der Waals surface area (Å²) in [7, 11) is 0. The van der Waals surface area contributed by atoms with E-state index >= 15 is 0 Å². The summed E-state index contributed by atoms with van der Waals surface area (Å²) in [5.74, 6) is -0.673. The zero-order valence-corrected chi connectivity index (χ0v) is 15.2. The predicted molar refractivity (Wildman–Crippen MR) is 101 cm³/mol. The molecule has 2 aromatic rings. The Bertz CT molecular complexity index is 755. The van der Waals surface area contributed by atoms with Crippen molar-refractivity contribution in [3.05, 3.63) is 59.7 Å². The molecule has 0 aliphatic heterocycles. The first kappa shape index (κ1) is 19.7. The van der Waals surface area contributed by atoms with Crippen molar-refractivity contribution >= 4 is 11.9 Å². The zero-order chi connectivity index (χ0) is 18.9. The molecule has 2 rings (SSSR count). The molecule has 0 bridgehead atoms. The zero-order valence-electron chi connectivity index (χ0n) is 15.2. The van der Waals surface area contributed by atoms with E-state index in [9.17, 15) is 14.7 Å². The SMILES string of the molecule is CC(C)CCOCCNC(=O)c1ccccc1-c1ccccc1C(=O)O. The number of hydrogen-bond acceptors (Lipinski definition) is 3. The van der Waals surface area contributed by atoms with E-state index in [1.165, 1.54) is 6.07 Å². The molecule has 0 aliphatic rings. The molecule has 0 spiro atoms. The second kappa shape index (κ2) is 9.73. The van der Waals surface area contributed by atoms with Gasteiger partial charge in [0, 0.05) is 18.7 Å². The first-order valence-corrected chi connectivity index (χ1v) is 8.78. The van der Waals surface area contributed by atoms with Crippen LogP contribution in [0, 0.1) is 5.92 Å². The Hall–Kier alpha value is -2.66. The summed E-state index contributed by atoms with van der Waals surface area (Å²) in [6.45, 7) is 5.81. The highest BCUT2D eigenvalue weighted by Crippen LogP contribution is 2.27. The van der Waals surface area contributed by atoms with Gasteiger partial charge < -0.3 is 15.2 Å². The number of ether oxygens (including phenoxy) is 1. The summed E-state index contributed by atoms with van der Waals surface area (Å²) in [6.07, 6.45) is 0.989. The van der Waals surface area contributed by atoms with Crippen LogP contribution in [0.2, 0.25) is 0 Å². The Balaban J connectivity index is 2.07. The van der Waals surface area contributed by atoms with E-state index in [1.807, 2.05) is 0 Å². The summed E-state index contributed by atoms with van der Waals surface area (Å²) in [5.41, 5.74) is 1.75. The minimum Gasteiger partial charge on any atom is -0.478 e. The molecule has 0 saturated heterocycles. The van der Waals surface area contributed by atoms with Gasteiger partial charge in [-0.05, 0) is 35.6 Å². The molecule has 0 fully saturated rings. The lowest BCUT2D eigenvalue weighted by molar-refractivity contribution is 0.0697. The average molecular weight is 355 g/mol. The van der Waals surface area contributed by atoms with E-state index in [0.29, 0.717) is 42.4 Å². The highest BCUT2D eigenvalue weighted by atomic mass is 16.5. The second-order valence-electron chi connectivity index (χ2n) is 6.45. The van der Waals surface area contributed by atoms with E-state index in [4.69, 9.17) is 4.74 Å². The van der Waals surface area contributed by atoms with Gasteiger partial charge in [0.1, 0.15) is 0 Å². The summed E-state index contributed by atoms with van der Waals surface area (Å²) in [5, 5.41) is 12.2. The Morgan fingerprint density at radius 1 is 0.962 bits per heavy atom. The third-order valence-electron chi connectivity index (χ3n) is 3.99. The maximum absolute atomic E-state index is 12.5. The number of rotatable bonds is 9. The molecule has 5 nitrogen and oxygen atoms in total. The van der Waals surface area contributed by atoms with E-state index in [0.717, 1.165) is 6.42 Å². The quantitative estimate of drug-likeness (QED) is 0.670.